The molecule has 0 saturated carbocycles. The van der Waals surface area contributed by atoms with Crippen molar-refractivity contribution in [3.63, 3.8) is 0 Å². The molecule has 1 amide bonds. The Morgan fingerprint density at radius 3 is 2.56 bits per heavy atom. The van der Waals surface area contributed by atoms with E-state index in [1.165, 1.54) is 36.5 Å². The first-order valence-corrected chi connectivity index (χ1v) is 9.40. The summed E-state index contributed by atoms with van der Waals surface area (Å²) in [7, 11) is 0. The molecule has 2 aromatic carbocycles. The van der Waals surface area contributed by atoms with Gasteiger partial charge in [0, 0.05) is 40.4 Å². The Morgan fingerprint density at radius 2 is 1.88 bits per heavy atom. The van der Waals surface area contributed by atoms with Crippen LogP contribution in [0.3, 0.4) is 0 Å². The van der Waals surface area contributed by atoms with Crippen LogP contribution in [0.4, 0.5) is 5.69 Å². The summed E-state index contributed by atoms with van der Waals surface area (Å²) >= 11 is 0. The maximum absolute atomic E-state index is 12.2. The van der Waals surface area contributed by atoms with Crippen LogP contribution in [-0.4, -0.2) is 32.7 Å². The molecular formula is C22H16N4O6. The van der Waals surface area contributed by atoms with E-state index >= 15 is 0 Å². The Balaban J connectivity index is 1.52. The molecule has 2 N–H and O–H groups in total. The summed E-state index contributed by atoms with van der Waals surface area (Å²) in [5.74, 6) is -1.29. The van der Waals surface area contributed by atoms with Gasteiger partial charge in [0.05, 0.1) is 17.7 Å². The number of hydrogen-bond donors (Lipinski definition) is 2. The molecule has 160 valence electrons. The minimum atomic E-state index is -1.13. The predicted octanol–water partition coefficient (Wildman–Crippen LogP) is 3.65. The standard InChI is InChI=1S/C22H16N4O6/c27-21(14-5-7-16(8-6-14)26(30)31)24-23-11-15-12-25(19-4-2-1-3-18(15)19)13-17-9-10-20(32-17)22(28)29/h1-12H,13H2,(H,24,27)(H,28,29)/b23-11-. The number of carbonyl (C=O) groups is 2. The zero-order chi connectivity index (χ0) is 22.7. The molecule has 2 aromatic heterocycles. The fourth-order valence-corrected chi connectivity index (χ4v) is 3.21. The van der Waals surface area contributed by atoms with Crippen LogP contribution in [0.5, 0.6) is 0 Å². The first-order chi connectivity index (χ1) is 15.4. The van der Waals surface area contributed by atoms with E-state index in [1.807, 2.05) is 35.0 Å². The van der Waals surface area contributed by atoms with Crippen molar-refractivity contribution >= 4 is 34.7 Å². The first kappa shape index (κ1) is 20.5. The van der Waals surface area contributed by atoms with Crippen molar-refractivity contribution in [1.82, 2.24) is 9.99 Å². The van der Waals surface area contributed by atoms with Gasteiger partial charge in [-0.15, -0.1) is 0 Å². The third kappa shape index (κ3) is 4.24. The van der Waals surface area contributed by atoms with Crippen LogP contribution in [-0.2, 0) is 6.54 Å². The maximum Gasteiger partial charge on any atom is 0.371 e. The van der Waals surface area contributed by atoms with Gasteiger partial charge in [0.1, 0.15) is 5.76 Å². The predicted molar refractivity (Wildman–Crippen MR) is 115 cm³/mol. The lowest BCUT2D eigenvalue weighted by Crippen LogP contribution is -2.17. The molecule has 0 saturated heterocycles. The number of non-ortho nitro benzene ring substituents is 1. The van der Waals surface area contributed by atoms with Gasteiger partial charge in [-0.25, -0.2) is 10.2 Å². The van der Waals surface area contributed by atoms with Crippen molar-refractivity contribution in [3.8, 4) is 0 Å². The molecule has 32 heavy (non-hydrogen) atoms. The number of nitro groups is 1. The molecule has 0 radical (unpaired) electrons. The zero-order valence-electron chi connectivity index (χ0n) is 16.5. The molecule has 0 spiro atoms. The second-order valence-electron chi connectivity index (χ2n) is 6.80. The molecule has 2 heterocycles. The largest absolute Gasteiger partial charge is 0.475 e. The molecule has 0 atom stereocenters. The Hall–Kier alpha value is -4.73. The van der Waals surface area contributed by atoms with Crippen molar-refractivity contribution in [2.75, 3.05) is 0 Å². The van der Waals surface area contributed by atoms with Crippen molar-refractivity contribution in [1.29, 1.82) is 0 Å². The van der Waals surface area contributed by atoms with Crippen LogP contribution >= 0.6 is 0 Å². The van der Waals surface area contributed by atoms with E-state index in [0.29, 0.717) is 12.3 Å². The van der Waals surface area contributed by atoms with Gasteiger partial charge < -0.3 is 14.1 Å². The number of fused-ring (bicyclic) bond motifs is 1. The minimum Gasteiger partial charge on any atom is -0.475 e. The third-order valence-corrected chi connectivity index (χ3v) is 4.73. The topological polar surface area (TPSA) is 140 Å². The highest BCUT2D eigenvalue weighted by Crippen LogP contribution is 2.22. The summed E-state index contributed by atoms with van der Waals surface area (Å²) in [5, 5.41) is 24.6. The van der Waals surface area contributed by atoms with Gasteiger partial charge in [0.2, 0.25) is 5.76 Å². The molecular weight excluding hydrogens is 416 g/mol. The summed E-state index contributed by atoms with van der Waals surface area (Å²) in [6.45, 7) is 0.316. The highest BCUT2D eigenvalue weighted by molar-refractivity contribution is 6.00. The number of aromatic nitrogens is 1. The molecule has 0 unspecified atom stereocenters. The number of carboxylic acid groups (broad SMARTS) is 1. The van der Waals surface area contributed by atoms with E-state index in [-0.39, 0.29) is 17.0 Å². The monoisotopic (exact) mass is 432 g/mol. The van der Waals surface area contributed by atoms with E-state index in [0.717, 1.165) is 16.5 Å². The second kappa shape index (κ2) is 8.56. The summed E-state index contributed by atoms with van der Waals surface area (Å²) in [4.78, 5) is 33.4. The molecule has 0 fully saturated rings. The number of carbonyl (C=O) groups excluding carboxylic acids is 1. The molecule has 4 aromatic rings. The maximum atomic E-state index is 12.2. The number of aromatic carboxylic acids is 1. The fraction of sp³-hybridized carbons (Fsp3) is 0.0455. The summed E-state index contributed by atoms with van der Waals surface area (Å²) < 4.78 is 7.23. The molecule has 0 aliphatic heterocycles. The van der Waals surface area contributed by atoms with Gasteiger partial charge in [0.25, 0.3) is 11.6 Å². The minimum absolute atomic E-state index is 0.107. The Kier molecular flexibility index (Phi) is 5.49. The van der Waals surface area contributed by atoms with Gasteiger partial charge in [-0.1, -0.05) is 18.2 Å². The number of furan rings is 1. The van der Waals surface area contributed by atoms with Gasteiger partial charge in [-0.2, -0.15) is 5.10 Å². The van der Waals surface area contributed by atoms with E-state index in [9.17, 15) is 19.7 Å². The Labute approximate surface area is 180 Å². The van der Waals surface area contributed by atoms with Crippen LogP contribution in [0.1, 0.15) is 32.2 Å². The summed E-state index contributed by atoms with van der Waals surface area (Å²) in [6.07, 6.45) is 3.31. The lowest BCUT2D eigenvalue weighted by Gasteiger charge is -2.02. The average molecular weight is 432 g/mol. The first-order valence-electron chi connectivity index (χ1n) is 9.40. The Morgan fingerprint density at radius 1 is 1.12 bits per heavy atom. The quantitative estimate of drug-likeness (QED) is 0.259. The number of amides is 1. The van der Waals surface area contributed by atoms with Gasteiger partial charge in [-0.05, 0) is 30.3 Å². The summed E-state index contributed by atoms with van der Waals surface area (Å²) in [5.41, 5.74) is 4.14. The van der Waals surface area contributed by atoms with Crippen LogP contribution in [0.25, 0.3) is 10.9 Å². The number of hydrogen-bond acceptors (Lipinski definition) is 6. The fourth-order valence-electron chi connectivity index (χ4n) is 3.21. The molecule has 0 bridgehead atoms. The number of nitro benzene ring substituents is 1. The van der Waals surface area contributed by atoms with E-state index in [2.05, 4.69) is 10.5 Å². The SMILES string of the molecule is O=C(N/N=C\c1cn(Cc2ccc(C(=O)O)o2)c2ccccc12)c1ccc([N+](=O)[O-])cc1. The van der Waals surface area contributed by atoms with Crippen LogP contribution in [0, 0.1) is 10.1 Å². The molecule has 10 nitrogen and oxygen atoms in total. The second-order valence-corrected chi connectivity index (χ2v) is 6.80. The van der Waals surface area contributed by atoms with Gasteiger partial charge >= 0.3 is 5.97 Å². The van der Waals surface area contributed by atoms with E-state index in [1.54, 1.807) is 6.07 Å². The van der Waals surface area contributed by atoms with Gasteiger partial charge in [0.15, 0.2) is 0 Å². The van der Waals surface area contributed by atoms with Crippen LogP contribution < -0.4 is 5.43 Å². The number of para-hydroxylation sites is 1. The van der Waals surface area contributed by atoms with Crippen molar-refractivity contribution in [2.45, 2.75) is 6.54 Å². The molecule has 10 heteroatoms. The number of nitrogens with zero attached hydrogens (tertiary/aromatic N) is 3. The van der Waals surface area contributed by atoms with Crippen molar-refractivity contribution in [3.05, 3.63) is 99.6 Å². The van der Waals surface area contributed by atoms with Crippen molar-refractivity contribution < 1.29 is 24.0 Å². The highest BCUT2D eigenvalue weighted by Gasteiger charge is 2.12. The zero-order valence-corrected chi connectivity index (χ0v) is 16.5. The normalized spacial score (nSPS) is 11.1. The number of carboxylic acids is 1. The van der Waals surface area contributed by atoms with Crippen LogP contribution in [0.15, 0.2) is 76.4 Å². The third-order valence-electron chi connectivity index (χ3n) is 4.73. The number of hydrazone groups is 1. The molecule has 0 aliphatic rings. The highest BCUT2D eigenvalue weighted by atomic mass is 16.6. The summed E-state index contributed by atoms with van der Waals surface area (Å²) in [6, 6.07) is 15.8. The molecule has 0 aliphatic carbocycles. The lowest BCUT2D eigenvalue weighted by molar-refractivity contribution is -0.384. The van der Waals surface area contributed by atoms with E-state index in [4.69, 9.17) is 9.52 Å². The van der Waals surface area contributed by atoms with Crippen molar-refractivity contribution in [2.24, 2.45) is 5.10 Å². The number of rotatable bonds is 7. The number of benzene rings is 2. The van der Waals surface area contributed by atoms with Gasteiger partial charge in [-0.3, -0.25) is 14.9 Å². The Bertz CT molecular complexity index is 1350. The molecule has 4 rings (SSSR count). The van der Waals surface area contributed by atoms with Crippen LogP contribution in [0.2, 0.25) is 0 Å². The van der Waals surface area contributed by atoms with E-state index < -0.39 is 16.8 Å². The lowest BCUT2D eigenvalue weighted by atomic mass is 10.2. The smallest absolute Gasteiger partial charge is 0.371 e. The average Bonchev–Trinajstić information content (AvgIpc) is 3.40. The number of nitrogens with one attached hydrogen (secondary N) is 1.